The van der Waals surface area contributed by atoms with Crippen molar-refractivity contribution in [2.24, 2.45) is 0 Å². The molecule has 3 heteroatoms. The SMILES string of the molecule is CCCCCCCCCCCCCCC(O)CN1CCOCC1. The van der Waals surface area contributed by atoms with Crippen LogP contribution in [-0.2, 0) is 4.74 Å². The largest absolute Gasteiger partial charge is 0.392 e. The third-order valence-corrected chi connectivity index (χ3v) is 4.96. The van der Waals surface area contributed by atoms with Crippen molar-refractivity contribution in [1.29, 1.82) is 0 Å². The van der Waals surface area contributed by atoms with Crippen LogP contribution in [0.4, 0.5) is 0 Å². The minimum absolute atomic E-state index is 0.142. The average Bonchev–Trinajstić information content (AvgIpc) is 2.57. The summed E-state index contributed by atoms with van der Waals surface area (Å²) in [6, 6.07) is 0. The molecule has 0 spiro atoms. The fraction of sp³-hybridized carbons (Fsp3) is 1.00. The predicted molar refractivity (Wildman–Crippen MR) is 99.0 cm³/mol. The highest BCUT2D eigenvalue weighted by molar-refractivity contribution is 4.67. The second-order valence-electron chi connectivity index (χ2n) is 7.24. The van der Waals surface area contributed by atoms with Crippen LogP contribution in [0.15, 0.2) is 0 Å². The molecule has 1 unspecified atom stereocenters. The Morgan fingerprint density at radius 1 is 0.783 bits per heavy atom. The molecule has 0 radical (unpaired) electrons. The van der Waals surface area contributed by atoms with Gasteiger partial charge in [-0.1, -0.05) is 84.0 Å². The Balaban J connectivity index is 1.77. The van der Waals surface area contributed by atoms with Gasteiger partial charge < -0.3 is 9.84 Å². The van der Waals surface area contributed by atoms with Crippen molar-refractivity contribution in [3.8, 4) is 0 Å². The zero-order valence-electron chi connectivity index (χ0n) is 15.6. The number of nitrogens with zero attached hydrogens (tertiary/aromatic N) is 1. The van der Waals surface area contributed by atoms with E-state index in [4.69, 9.17) is 4.74 Å². The first kappa shape index (κ1) is 20.9. The third-order valence-electron chi connectivity index (χ3n) is 4.96. The second-order valence-corrected chi connectivity index (χ2v) is 7.24. The molecule has 0 amide bonds. The highest BCUT2D eigenvalue weighted by atomic mass is 16.5. The molecule has 138 valence electrons. The first-order chi connectivity index (χ1) is 11.3. The number of hydrogen-bond donors (Lipinski definition) is 1. The Bertz CT molecular complexity index is 242. The number of aliphatic hydroxyl groups is 1. The third kappa shape index (κ3) is 12.9. The lowest BCUT2D eigenvalue weighted by Crippen LogP contribution is -2.40. The molecule has 0 aromatic heterocycles. The minimum atomic E-state index is -0.142. The Morgan fingerprint density at radius 3 is 1.78 bits per heavy atom. The summed E-state index contributed by atoms with van der Waals surface area (Å²) in [5.74, 6) is 0. The fourth-order valence-electron chi connectivity index (χ4n) is 3.39. The van der Waals surface area contributed by atoms with Crippen LogP contribution in [0.2, 0.25) is 0 Å². The summed E-state index contributed by atoms with van der Waals surface area (Å²) >= 11 is 0. The maximum Gasteiger partial charge on any atom is 0.0667 e. The van der Waals surface area contributed by atoms with Gasteiger partial charge in [0.25, 0.3) is 0 Å². The highest BCUT2D eigenvalue weighted by Crippen LogP contribution is 2.13. The average molecular weight is 328 g/mol. The molecule has 0 aromatic rings. The molecule has 1 aliphatic rings. The summed E-state index contributed by atoms with van der Waals surface area (Å²) in [4.78, 5) is 2.33. The quantitative estimate of drug-likeness (QED) is 0.440. The molecule has 1 aliphatic heterocycles. The monoisotopic (exact) mass is 327 g/mol. The molecule has 0 aromatic carbocycles. The van der Waals surface area contributed by atoms with E-state index in [-0.39, 0.29) is 6.10 Å². The molecule has 3 nitrogen and oxygen atoms in total. The maximum absolute atomic E-state index is 10.1. The first-order valence-corrected chi connectivity index (χ1v) is 10.3. The van der Waals surface area contributed by atoms with Gasteiger partial charge in [0, 0.05) is 19.6 Å². The lowest BCUT2D eigenvalue weighted by molar-refractivity contribution is 0.0127. The van der Waals surface area contributed by atoms with Crippen LogP contribution in [0.25, 0.3) is 0 Å². The van der Waals surface area contributed by atoms with Gasteiger partial charge in [-0.3, -0.25) is 4.90 Å². The molecule has 1 N–H and O–H groups in total. The van der Waals surface area contributed by atoms with Crippen LogP contribution >= 0.6 is 0 Å². The smallest absolute Gasteiger partial charge is 0.0667 e. The summed E-state index contributed by atoms with van der Waals surface area (Å²) in [7, 11) is 0. The van der Waals surface area contributed by atoms with Crippen LogP contribution in [0.3, 0.4) is 0 Å². The normalized spacial score (nSPS) is 17.5. The molecule has 1 fully saturated rings. The van der Waals surface area contributed by atoms with E-state index in [1.54, 1.807) is 0 Å². The van der Waals surface area contributed by atoms with E-state index in [1.807, 2.05) is 0 Å². The van der Waals surface area contributed by atoms with Gasteiger partial charge in [0.05, 0.1) is 19.3 Å². The Morgan fingerprint density at radius 2 is 1.26 bits per heavy atom. The molecule has 0 saturated carbocycles. The lowest BCUT2D eigenvalue weighted by atomic mass is 10.0. The zero-order valence-corrected chi connectivity index (χ0v) is 15.6. The molecule has 0 aliphatic carbocycles. The van der Waals surface area contributed by atoms with Gasteiger partial charge >= 0.3 is 0 Å². The van der Waals surface area contributed by atoms with E-state index in [2.05, 4.69) is 11.8 Å². The highest BCUT2D eigenvalue weighted by Gasteiger charge is 2.14. The van der Waals surface area contributed by atoms with Crippen LogP contribution in [0.1, 0.15) is 90.4 Å². The van der Waals surface area contributed by atoms with E-state index in [1.165, 1.54) is 77.0 Å². The Kier molecular flexibility index (Phi) is 14.0. The van der Waals surface area contributed by atoms with Gasteiger partial charge in [0.2, 0.25) is 0 Å². The van der Waals surface area contributed by atoms with Gasteiger partial charge in [-0.25, -0.2) is 0 Å². The van der Waals surface area contributed by atoms with E-state index < -0.39 is 0 Å². The molecule has 1 atom stereocenters. The lowest BCUT2D eigenvalue weighted by Gasteiger charge is -2.28. The maximum atomic E-state index is 10.1. The van der Waals surface area contributed by atoms with Crippen LogP contribution in [-0.4, -0.2) is 49.0 Å². The van der Waals surface area contributed by atoms with E-state index in [0.29, 0.717) is 0 Å². The topological polar surface area (TPSA) is 32.7 Å². The molecular weight excluding hydrogens is 286 g/mol. The van der Waals surface area contributed by atoms with Gasteiger partial charge in [-0.2, -0.15) is 0 Å². The zero-order chi connectivity index (χ0) is 16.6. The van der Waals surface area contributed by atoms with Crippen molar-refractivity contribution in [2.75, 3.05) is 32.8 Å². The standard InChI is InChI=1S/C20H41NO2/c1-2-3-4-5-6-7-8-9-10-11-12-13-14-20(22)19-21-15-17-23-18-16-21/h20,22H,2-19H2,1H3. The molecule has 1 heterocycles. The van der Waals surface area contributed by atoms with Crippen molar-refractivity contribution in [3.05, 3.63) is 0 Å². The van der Waals surface area contributed by atoms with Gasteiger partial charge in [-0.05, 0) is 6.42 Å². The van der Waals surface area contributed by atoms with Crippen molar-refractivity contribution < 1.29 is 9.84 Å². The van der Waals surface area contributed by atoms with Crippen molar-refractivity contribution >= 4 is 0 Å². The van der Waals surface area contributed by atoms with Gasteiger partial charge in [0.15, 0.2) is 0 Å². The summed E-state index contributed by atoms with van der Waals surface area (Å²) in [5, 5.41) is 10.1. The summed E-state index contributed by atoms with van der Waals surface area (Å²) < 4.78 is 5.34. The molecule has 1 saturated heterocycles. The molecule has 1 rings (SSSR count). The van der Waals surface area contributed by atoms with Crippen molar-refractivity contribution in [1.82, 2.24) is 4.90 Å². The number of unbranched alkanes of at least 4 members (excludes halogenated alkanes) is 11. The van der Waals surface area contributed by atoms with Gasteiger partial charge in [-0.15, -0.1) is 0 Å². The van der Waals surface area contributed by atoms with Crippen molar-refractivity contribution in [3.63, 3.8) is 0 Å². The second kappa shape index (κ2) is 15.4. The van der Waals surface area contributed by atoms with E-state index in [0.717, 1.165) is 39.3 Å². The van der Waals surface area contributed by atoms with E-state index >= 15 is 0 Å². The Labute approximate surface area is 144 Å². The number of β-amino-alcohol motifs (C(OH)–C–C–N with tert-alkyl or cyclic N) is 1. The molecule has 0 bridgehead atoms. The minimum Gasteiger partial charge on any atom is -0.392 e. The molecular formula is C20H41NO2. The van der Waals surface area contributed by atoms with Crippen LogP contribution in [0, 0.1) is 0 Å². The fourth-order valence-corrected chi connectivity index (χ4v) is 3.39. The summed E-state index contributed by atoms with van der Waals surface area (Å²) in [6.07, 6.45) is 17.4. The number of ether oxygens (including phenoxy) is 1. The molecule has 23 heavy (non-hydrogen) atoms. The number of aliphatic hydroxyl groups excluding tert-OH is 1. The number of hydrogen-bond acceptors (Lipinski definition) is 3. The summed E-state index contributed by atoms with van der Waals surface area (Å²) in [6.45, 7) is 6.73. The van der Waals surface area contributed by atoms with Crippen LogP contribution < -0.4 is 0 Å². The van der Waals surface area contributed by atoms with Crippen LogP contribution in [0.5, 0.6) is 0 Å². The van der Waals surface area contributed by atoms with E-state index in [9.17, 15) is 5.11 Å². The number of rotatable bonds is 15. The van der Waals surface area contributed by atoms with Crippen molar-refractivity contribution in [2.45, 2.75) is 96.5 Å². The Hall–Kier alpha value is -0.120. The number of morpholine rings is 1. The van der Waals surface area contributed by atoms with Gasteiger partial charge in [0.1, 0.15) is 0 Å². The first-order valence-electron chi connectivity index (χ1n) is 10.3. The summed E-state index contributed by atoms with van der Waals surface area (Å²) in [5.41, 5.74) is 0. The predicted octanol–water partition coefficient (Wildman–Crippen LogP) is 4.77.